The van der Waals surface area contributed by atoms with Gasteiger partial charge in [-0.3, -0.25) is 0 Å². The van der Waals surface area contributed by atoms with E-state index in [2.05, 4.69) is 6.92 Å². The van der Waals surface area contributed by atoms with Crippen molar-refractivity contribution < 1.29 is 9.47 Å². The van der Waals surface area contributed by atoms with Crippen LogP contribution in [0.5, 0.6) is 0 Å². The molecule has 0 bridgehead atoms. The van der Waals surface area contributed by atoms with Crippen molar-refractivity contribution in [3.05, 3.63) is 0 Å². The van der Waals surface area contributed by atoms with E-state index >= 15 is 0 Å². The van der Waals surface area contributed by atoms with E-state index in [1.54, 1.807) is 0 Å². The summed E-state index contributed by atoms with van der Waals surface area (Å²) in [7, 11) is 0. The van der Waals surface area contributed by atoms with Crippen molar-refractivity contribution in [1.29, 1.82) is 0 Å². The zero-order valence-electron chi connectivity index (χ0n) is 6.14. The van der Waals surface area contributed by atoms with Crippen molar-refractivity contribution in [3.8, 4) is 0 Å². The second-order valence-electron chi connectivity index (χ2n) is 2.58. The molecule has 1 rings (SSSR count). The molecular formula is C7H14O2. The van der Waals surface area contributed by atoms with Gasteiger partial charge >= 0.3 is 0 Å². The first-order valence-electron chi connectivity index (χ1n) is 3.55. The molecule has 9 heavy (non-hydrogen) atoms. The molecule has 0 aromatic carbocycles. The third-order valence-corrected chi connectivity index (χ3v) is 1.60. The van der Waals surface area contributed by atoms with E-state index < -0.39 is 0 Å². The minimum Gasteiger partial charge on any atom is -0.348 e. The number of ether oxygens (including phenoxy) is 2. The van der Waals surface area contributed by atoms with Crippen LogP contribution in [-0.4, -0.2) is 19.0 Å². The zero-order valence-corrected chi connectivity index (χ0v) is 6.14. The molecule has 0 N–H and O–H groups in total. The van der Waals surface area contributed by atoms with Crippen LogP contribution in [0.15, 0.2) is 0 Å². The van der Waals surface area contributed by atoms with Gasteiger partial charge in [-0.05, 0) is 6.92 Å². The molecule has 0 unspecified atom stereocenters. The van der Waals surface area contributed by atoms with Crippen LogP contribution in [0.2, 0.25) is 0 Å². The lowest BCUT2D eigenvalue weighted by atomic mass is 10.2. The van der Waals surface area contributed by atoms with Crippen molar-refractivity contribution in [2.24, 2.45) is 0 Å². The fourth-order valence-electron chi connectivity index (χ4n) is 1.16. The van der Waals surface area contributed by atoms with E-state index in [1.165, 1.54) is 0 Å². The average Bonchev–Trinajstić information content (AvgIpc) is 2.16. The van der Waals surface area contributed by atoms with Gasteiger partial charge in [-0.2, -0.15) is 0 Å². The Kier molecular flexibility index (Phi) is 2.09. The van der Waals surface area contributed by atoms with Crippen LogP contribution in [0.25, 0.3) is 0 Å². The van der Waals surface area contributed by atoms with Crippen LogP contribution in [0.4, 0.5) is 0 Å². The molecule has 2 nitrogen and oxygen atoms in total. The minimum absolute atomic E-state index is 0.255. The summed E-state index contributed by atoms with van der Waals surface area (Å²) in [5.74, 6) is -0.255. The fourth-order valence-corrected chi connectivity index (χ4v) is 1.16. The van der Waals surface area contributed by atoms with Gasteiger partial charge in [-0.25, -0.2) is 0 Å². The lowest BCUT2D eigenvalue weighted by Gasteiger charge is -2.20. The van der Waals surface area contributed by atoms with E-state index in [9.17, 15) is 0 Å². The predicted octanol–water partition coefficient (Wildman–Crippen LogP) is 1.55. The Morgan fingerprint density at radius 2 is 1.89 bits per heavy atom. The Hall–Kier alpha value is -0.0800. The van der Waals surface area contributed by atoms with E-state index in [-0.39, 0.29) is 5.79 Å². The van der Waals surface area contributed by atoms with Crippen LogP contribution in [0, 0.1) is 0 Å². The normalized spacial score (nSPS) is 24.7. The smallest absolute Gasteiger partial charge is 0.165 e. The number of hydrogen-bond donors (Lipinski definition) is 0. The SMILES string of the molecule is CCCC1(C)OCCO1. The summed E-state index contributed by atoms with van der Waals surface area (Å²) < 4.78 is 10.7. The fraction of sp³-hybridized carbons (Fsp3) is 1.00. The Balaban J connectivity index is 2.32. The van der Waals surface area contributed by atoms with Crippen molar-refractivity contribution in [2.45, 2.75) is 32.5 Å². The maximum absolute atomic E-state index is 5.36. The molecular weight excluding hydrogens is 116 g/mol. The minimum atomic E-state index is -0.255. The van der Waals surface area contributed by atoms with Crippen LogP contribution < -0.4 is 0 Å². The van der Waals surface area contributed by atoms with Gasteiger partial charge in [0.25, 0.3) is 0 Å². The first-order valence-corrected chi connectivity index (χ1v) is 3.55. The van der Waals surface area contributed by atoms with Crippen LogP contribution >= 0.6 is 0 Å². The van der Waals surface area contributed by atoms with Gasteiger partial charge in [0.2, 0.25) is 0 Å². The highest BCUT2D eigenvalue weighted by Gasteiger charge is 2.29. The molecule has 1 saturated heterocycles. The lowest BCUT2D eigenvalue weighted by Crippen LogP contribution is -2.24. The van der Waals surface area contributed by atoms with Crippen molar-refractivity contribution in [1.82, 2.24) is 0 Å². The molecule has 2 heteroatoms. The first kappa shape index (κ1) is 7.03. The summed E-state index contributed by atoms with van der Waals surface area (Å²) in [5.41, 5.74) is 0. The summed E-state index contributed by atoms with van der Waals surface area (Å²) in [6, 6.07) is 0. The standard InChI is InChI=1S/C7H14O2/c1-3-4-7(2)8-5-6-9-7/h3-6H2,1-2H3. The number of hydrogen-bond acceptors (Lipinski definition) is 2. The highest BCUT2D eigenvalue weighted by molar-refractivity contribution is 4.66. The van der Waals surface area contributed by atoms with Gasteiger partial charge in [-0.15, -0.1) is 0 Å². The van der Waals surface area contributed by atoms with Gasteiger partial charge in [0, 0.05) is 6.42 Å². The van der Waals surface area contributed by atoms with Gasteiger partial charge in [0.05, 0.1) is 13.2 Å². The van der Waals surface area contributed by atoms with Gasteiger partial charge in [0.1, 0.15) is 0 Å². The van der Waals surface area contributed by atoms with Gasteiger partial charge < -0.3 is 9.47 Å². The van der Waals surface area contributed by atoms with Crippen molar-refractivity contribution in [2.75, 3.05) is 13.2 Å². The Morgan fingerprint density at radius 1 is 1.33 bits per heavy atom. The van der Waals surface area contributed by atoms with Crippen LogP contribution in [0.1, 0.15) is 26.7 Å². The summed E-state index contributed by atoms with van der Waals surface area (Å²) in [6.45, 7) is 5.66. The third kappa shape index (κ3) is 1.66. The first-order chi connectivity index (χ1) is 4.27. The highest BCUT2D eigenvalue weighted by atomic mass is 16.7. The maximum atomic E-state index is 5.36. The summed E-state index contributed by atoms with van der Waals surface area (Å²) >= 11 is 0. The Morgan fingerprint density at radius 3 is 2.33 bits per heavy atom. The monoisotopic (exact) mass is 130 g/mol. The molecule has 1 aliphatic rings. The van der Waals surface area contributed by atoms with Gasteiger partial charge in [0.15, 0.2) is 5.79 Å². The summed E-state index contributed by atoms with van der Waals surface area (Å²) in [5, 5.41) is 0. The zero-order chi connectivity index (χ0) is 6.74. The highest BCUT2D eigenvalue weighted by Crippen LogP contribution is 2.23. The third-order valence-electron chi connectivity index (χ3n) is 1.60. The number of rotatable bonds is 2. The van der Waals surface area contributed by atoms with Crippen molar-refractivity contribution in [3.63, 3.8) is 0 Å². The van der Waals surface area contributed by atoms with E-state index in [1.807, 2.05) is 6.92 Å². The molecule has 1 aliphatic heterocycles. The van der Waals surface area contributed by atoms with Crippen LogP contribution in [-0.2, 0) is 9.47 Å². The van der Waals surface area contributed by atoms with Crippen LogP contribution in [0.3, 0.4) is 0 Å². The Bertz CT molecular complexity index is 84.9. The molecule has 0 atom stereocenters. The molecule has 0 aromatic rings. The summed E-state index contributed by atoms with van der Waals surface area (Å²) in [4.78, 5) is 0. The molecule has 0 saturated carbocycles. The average molecular weight is 130 g/mol. The molecule has 54 valence electrons. The lowest BCUT2D eigenvalue weighted by molar-refractivity contribution is -0.146. The topological polar surface area (TPSA) is 18.5 Å². The molecule has 0 aliphatic carbocycles. The molecule has 0 amide bonds. The predicted molar refractivity (Wildman–Crippen MR) is 35.2 cm³/mol. The van der Waals surface area contributed by atoms with E-state index in [0.717, 1.165) is 26.1 Å². The second-order valence-corrected chi connectivity index (χ2v) is 2.58. The molecule has 0 radical (unpaired) electrons. The van der Waals surface area contributed by atoms with E-state index in [4.69, 9.17) is 9.47 Å². The van der Waals surface area contributed by atoms with Crippen molar-refractivity contribution >= 4 is 0 Å². The largest absolute Gasteiger partial charge is 0.348 e. The quantitative estimate of drug-likeness (QED) is 0.564. The van der Waals surface area contributed by atoms with Gasteiger partial charge in [-0.1, -0.05) is 13.3 Å². The molecule has 0 spiro atoms. The van der Waals surface area contributed by atoms with E-state index in [0.29, 0.717) is 0 Å². The second kappa shape index (κ2) is 2.67. The maximum Gasteiger partial charge on any atom is 0.165 e. The summed E-state index contributed by atoms with van der Waals surface area (Å²) in [6.07, 6.45) is 2.13. The Labute approximate surface area is 56.2 Å². The molecule has 1 fully saturated rings. The molecule has 0 aromatic heterocycles. The molecule has 1 heterocycles.